The van der Waals surface area contributed by atoms with Crippen molar-refractivity contribution in [3.05, 3.63) is 36.0 Å². The minimum atomic E-state index is -4.30. The van der Waals surface area contributed by atoms with Crippen LogP contribution < -0.4 is 5.32 Å². The van der Waals surface area contributed by atoms with Gasteiger partial charge in [0.05, 0.1) is 11.5 Å². The normalized spacial score (nSPS) is 11.6. The summed E-state index contributed by atoms with van der Waals surface area (Å²) in [7, 11) is -2.70. The molecule has 118 valence electrons. The van der Waals surface area contributed by atoms with E-state index in [0.29, 0.717) is 0 Å². The van der Waals surface area contributed by atoms with Gasteiger partial charge in [0.2, 0.25) is 0 Å². The molecule has 0 fully saturated rings. The summed E-state index contributed by atoms with van der Waals surface area (Å²) >= 11 is 0. The fraction of sp³-hybridized carbons (Fsp3) is 0.231. The third kappa shape index (κ3) is 5.17. The summed E-state index contributed by atoms with van der Waals surface area (Å²) in [5.74, 6) is -0.674. The van der Waals surface area contributed by atoms with Crippen molar-refractivity contribution in [2.75, 3.05) is 25.5 Å². The number of carbonyl (C=O) groups is 1. The number of hydrogen-bond acceptors (Lipinski definition) is 6. The van der Waals surface area contributed by atoms with Gasteiger partial charge in [0, 0.05) is 25.5 Å². The topological polar surface area (TPSA) is 131 Å². The highest BCUT2D eigenvalue weighted by Crippen LogP contribution is 2.14. The van der Waals surface area contributed by atoms with E-state index in [-0.39, 0.29) is 29.3 Å². The van der Waals surface area contributed by atoms with Gasteiger partial charge < -0.3 is 15.3 Å². The number of hydrogen-bond donors (Lipinski definition) is 3. The van der Waals surface area contributed by atoms with Gasteiger partial charge in [0.1, 0.15) is 11.6 Å². The highest BCUT2D eigenvalue weighted by Gasteiger charge is 2.12. The molecule has 0 saturated carbocycles. The molecule has 0 saturated heterocycles. The van der Waals surface area contributed by atoms with Crippen molar-refractivity contribution in [3.63, 3.8) is 0 Å². The van der Waals surface area contributed by atoms with Gasteiger partial charge in [0.15, 0.2) is 0 Å². The number of aliphatic hydroxyl groups is 1. The number of nitrogens with zero attached hydrogens (tertiary/aromatic N) is 2. The molecule has 3 N–H and O–H groups in total. The van der Waals surface area contributed by atoms with Gasteiger partial charge in [0.25, 0.3) is 16.0 Å². The molecule has 0 spiro atoms. The monoisotopic (exact) mass is 325 g/mol. The standard InChI is InChI=1S/C13H15N3O5S/c1-16(6-7-17)9-10(8-14)13(18)15-11-2-4-12(5-3-11)22(19,20)21/h2-5,9,17H,6-7H2,1H3,(H,15,18)(H,19,20,21)/b10-9-. The Kier molecular flexibility index (Phi) is 6.06. The van der Waals surface area contributed by atoms with E-state index >= 15 is 0 Å². The summed E-state index contributed by atoms with van der Waals surface area (Å²) in [6.45, 7) is 0.145. The summed E-state index contributed by atoms with van der Waals surface area (Å²) < 4.78 is 30.6. The number of nitrogens with one attached hydrogen (secondary N) is 1. The summed E-state index contributed by atoms with van der Waals surface area (Å²) in [5, 5.41) is 20.1. The van der Waals surface area contributed by atoms with Crippen LogP contribution in [0.2, 0.25) is 0 Å². The van der Waals surface area contributed by atoms with Crippen molar-refractivity contribution in [1.82, 2.24) is 4.90 Å². The molecule has 8 nitrogen and oxygen atoms in total. The third-order valence-electron chi connectivity index (χ3n) is 2.58. The van der Waals surface area contributed by atoms with E-state index in [0.717, 1.165) is 12.1 Å². The Morgan fingerprint density at radius 3 is 2.45 bits per heavy atom. The second-order valence-corrected chi connectivity index (χ2v) is 5.73. The summed E-state index contributed by atoms with van der Waals surface area (Å²) in [6, 6.07) is 6.55. The van der Waals surface area contributed by atoms with Gasteiger partial charge >= 0.3 is 0 Å². The van der Waals surface area contributed by atoms with Crippen LogP contribution in [0.15, 0.2) is 40.9 Å². The van der Waals surface area contributed by atoms with Gasteiger partial charge in [-0.3, -0.25) is 9.35 Å². The van der Waals surface area contributed by atoms with Crippen LogP contribution in [0.4, 0.5) is 5.69 Å². The molecule has 9 heteroatoms. The van der Waals surface area contributed by atoms with Crippen LogP contribution in [-0.4, -0.2) is 49.1 Å². The van der Waals surface area contributed by atoms with E-state index < -0.39 is 16.0 Å². The van der Waals surface area contributed by atoms with Crippen molar-refractivity contribution in [2.24, 2.45) is 0 Å². The quantitative estimate of drug-likeness (QED) is 0.387. The lowest BCUT2D eigenvalue weighted by Crippen LogP contribution is -2.20. The molecule has 0 aliphatic carbocycles. The maximum absolute atomic E-state index is 11.9. The van der Waals surface area contributed by atoms with E-state index in [1.54, 1.807) is 13.1 Å². The smallest absolute Gasteiger partial charge is 0.294 e. The lowest BCUT2D eigenvalue weighted by molar-refractivity contribution is -0.112. The SMILES string of the molecule is CN(/C=C(/C#N)C(=O)Nc1ccc(S(=O)(=O)O)cc1)CCO. The van der Waals surface area contributed by atoms with E-state index in [9.17, 15) is 13.2 Å². The Hall–Kier alpha value is -2.41. The number of aliphatic hydroxyl groups excluding tert-OH is 1. The van der Waals surface area contributed by atoms with Crippen LogP contribution in [0.25, 0.3) is 0 Å². The van der Waals surface area contributed by atoms with E-state index in [2.05, 4.69) is 5.32 Å². The molecule has 1 amide bonds. The van der Waals surface area contributed by atoms with Crippen molar-refractivity contribution in [1.29, 1.82) is 5.26 Å². The van der Waals surface area contributed by atoms with Crippen LogP contribution in [0.5, 0.6) is 0 Å². The Labute approximate surface area is 128 Å². The van der Waals surface area contributed by atoms with Crippen LogP contribution >= 0.6 is 0 Å². The van der Waals surface area contributed by atoms with Gasteiger partial charge in [-0.15, -0.1) is 0 Å². The van der Waals surface area contributed by atoms with Crippen LogP contribution in [-0.2, 0) is 14.9 Å². The molecule has 0 radical (unpaired) electrons. The Morgan fingerprint density at radius 1 is 1.41 bits per heavy atom. The molecule has 0 atom stereocenters. The number of anilines is 1. The second-order valence-electron chi connectivity index (χ2n) is 4.31. The van der Waals surface area contributed by atoms with Gasteiger partial charge in [-0.25, -0.2) is 0 Å². The van der Waals surface area contributed by atoms with Crippen molar-refractivity contribution < 1.29 is 22.9 Å². The number of rotatable bonds is 6. The van der Waals surface area contributed by atoms with Gasteiger partial charge in [-0.1, -0.05) is 0 Å². The predicted molar refractivity (Wildman–Crippen MR) is 78.3 cm³/mol. The molecule has 0 aliphatic rings. The first-order valence-electron chi connectivity index (χ1n) is 6.10. The minimum Gasteiger partial charge on any atom is -0.395 e. The highest BCUT2D eigenvalue weighted by molar-refractivity contribution is 7.85. The van der Waals surface area contributed by atoms with Crippen LogP contribution in [0.3, 0.4) is 0 Å². The Morgan fingerprint density at radius 2 is 2.00 bits per heavy atom. The molecule has 0 aliphatic heterocycles. The summed E-state index contributed by atoms with van der Waals surface area (Å²) in [6.07, 6.45) is 1.29. The van der Waals surface area contributed by atoms with Crippen molar-refractivity contribution in [3.8, 4) is 6.07 Å². The highest BCUT2D eigenvalue weighted by atomic mass is 32.2. The number of likely N-dealkylation sites (N-methyl/N-ethyl adjacent to an activating group) is 1. The summed E-state index contributed by atoms with van der Waals surface area (Å²) in [5.41, 5.74) is 0.0955. The first kappa shape index (κ1) is 17.6. The molecule has 0 unspecified atom stereocenters. The average Bonchev–Trinajstić information content (AvgIpc) is 2.44. The fourth-order valence-electron chi connectivity index (χ4n) is 1.49. The van der Waals surface area contributed by atoms with Crippen molar-refractivity contribution in [2.45, 2.75) is 4.90 Å². The maximum Gasteiger partial charge on any atom is 0.294 e. The fourth-order valence-corrected chi connectivity index (χ4v) is 1.97. The van der Waals surface area contributed by atoms with Gasteiger partial charge in [-0.05, 0) is 24.3 Å². The largest absolute Gasteiger partial charge is 0.395 e. The molecular formula is C13H15N3O5S. The molecule has 0 heterocycles. The molecule has 1 rings (SSSR count). The number of amides is 1. The lowest BCUT2D eigenvalue weighted by Gasteiger charge is -2.12. The third-order valence-corrected chi connectivity index (χ3v) is 3.45. The molecule has 22 heavy (non-hydrogen) atoms. The van der Waals surface area contributed by atoms with Crippen LogP contribution in [0.1, 0.15) is 0 Å². The molecule has 1 aromatic carbocycles. The molecule has 0 bridgehead atoms. The second kappa shape index (κ2) is 7.56. The first-order chi connectivity index (χ1) is 10.3. The molecular weight excluding hydrogens is 310 g/mol. The Balaban J connectivity index is 2.85. The molecule has 1 aromatic rings. The van der Waals surface area contributed by atoms with Crippen LogP contribution in [0, 0.1) is 11.3 Å². The summed E-state index contributed by atoms with van der Waals surface area (Å²) in [4.78, 5) is 13.1. The molecule has 0 aromatic heterocycles. The zero-order chi connectivity index (χ0) is 16.8. The zero-order valence-electron chi connectivity index (χ0n) is 11.7. The zero-order valence-corrected chi connectivity index (χ0v) is 12.5. The first-order valence-corrected chi connectivity index (χ1v) is 7.54. The van der Waals surface area contributed by atoms with E-state index in [1.165, 1.54) is 23.2 Å². The van der Waals surface area contributed by atoms with E-state index in [1.807, 2.05) is 0 Å². The average molecular weight is 325 g/mol. The van der Waals surface area contributed by atoms with E-state index in [4.69, 9.17) is 14.9 Å². The Bertz CT molecular complexity index is 704. The maximum atomic E-state index is 11.9. The number of nitriles is 1. The van der Waals surface area contributed by atoms with Crippen molar-refractivity contribution >= 4 is 21.7 Å². The lowest BCUT2D eigenvalue weighted by atomic mass is 10.2. The van der Waals surface area contributed by atoms with Gasteiger partial charge in [-0.2, -0.15) is 13.7 Å². The predicted octanol–water partition coefficient (Wildman–Crippen LogP) is 0.203. The minimum absolute atomic E-state index is 0.121. The number of benzene rings is 1. The number of carbonyl (C=O) groups excluding carboxylic acids is 1.